The van der Waals surface area contributed by atoms with Crippen molar-refractivity contribution >= 4 is 5.78 Å². The second kappa shape index (κ2) is 2.22. The molecule has 0 aliphatic heterocycles. The van der Waals surface area contributed by atoms with Gasteiger partial charge in [0.15, 0.2) is 5.78 Å². The van der Waals surface area contributed by atoms with E-state index in [0.29, 0.717) is 0 Å². The molecule has 2 rings (SSSR count). The Morgan fingerprint density at radius 2 is 2.36 bits per heavy atom. The fourth-order valence-corrected chi connectivity index (χ4v) is 1.63. The van der Waals surface area contributed by atoms with Crippen molar-refractivity contribution in [3.63, 3.8) is 0 Å². The summed E-state index contributed by atoms with van der Waals surface area (Å²) in [6, 6.07) is 1.99. The molecule has 0 unspecified atom stereocenters. The summed E-state index contributed by atoms with van der Waals surface area (Å²) in [5, 5.41) is 0. The molecule has 0 bridgehead atoms. The van der Waals surface area contributed by atoms with Gasteiger partial charge in [0.2, 0.25) is 0 Å². The van der Waals surface area contributed by atoms with Gasteiger partial charge in [-0.15, -0.1) is 0 Å². The minimum absolute atomic E-state index is 0.138. The van der Waals surface area contributed by atoms with E-state index in [2.05, 4.69) is 4.98 Å². The summed E-state index contributed by atoms with van der Waals surface area (Å²) in [6.45, 7) is 1.60. The van der Waals surface area contributed by atoms with E-state index in [1.54, 1.807) is 6.92 Å². The standard InChI is InChI=1S/C9H11NO/c1-6(11)9-5-7-3-2-4-8(7)10-9/h5,10H,2-4H2,1H3. The molecule has 11 heavy (non-hydrogen) atoms. The van der Waals surface area contributed by atoms with Gasteiger partial charge >= 0.3 is 0 Å². The van der Waals surface area contributed by atoms with Crippen LogP contribution in [0.15, 0.2) is 6.07 Å². The van der Waals surface area contributed by atoms with Gasteiger partial charge in [-0.2, -0.15) is 0 Å². The highest BCUT2D eigenvalue weighted by Crippen LogP contribution is 2.22. The predicted octanol–water partition coefficient (Wildman–Crippen LogP) is 1.71. The first-order valence-electron chi connectivity index (χ1n) is 3.99. The highest BCUT2D eigenvalue weighted by Gasteiger charge is 2.15. The molecule has 1 aliphatic carbocycles. The monoisotopic (exact) mass is 149 g/mol. The van der Waals surface area contributed by atoms with Crippen LogP contribution in [0, 0.1) is 0 Å². The Balaban J connectivity index is 2.42. The van der Waals surface area contributed by atoms with Crippen LogP contribution >= 0.6 is 0 Å². The van der Waals surface area contributed by atoms with Crippen LogP contribution in [0.4, 0.5) is 0 Å². The zero-order valence-electron chi connectivity index (χ0n) is 6.61. The molecule has 1 aliphatic rings. The quantitative estimate of drug-likeness (QED) is 0.606. The van der Waals surface area contributed by atoms with E-state index >= 15 is 0 Å². The third-order valence-electron chi connectivity index (χ3n) is 2.24. The molecule has 1 N–H and O–H groups in total. The van der Waals surface area contributed by atoms with Crippen molar-refractivity contribution in [1.82, 2.24) is 4.98 Å². The van der Waals surface area contributed by atoms with Crippen molar-refractivity contribution < 1.29 is 4.79 Å². The van der Waals surface area contributed by atoms with E-state index in [1.807, 2.05) is 6.07 Å². The lowest BCUT2D eigenvalue weighted by molar-refractivity contribution is 0.101. The number of carbonyl (C=O) groups excluding carboxylic acids is 1. The molecular formula is C9H11NO. The molecule has 0 radical (unpaired) electrons. The Hall–Kier alpha value is -1.05. The van der Waals surface area contributed by atoms with E-state index in [-0.39, 0.29) is 5.78 Å². The van der Waals surface area contributed by atoms with Crippen molar-refractivity contribution in [2.75, 3.05) is 0 Å². The van der Waals surface area contributed by atoms with Gasteiger partial charge in [0, 0.05) is 12.6 Å². The molecular weight excluding hydrogens is 138 g/mol. The second-order valence-corrected chi connectivity index (χ2v) is 3.10. The summed E-state index contributed by atoms with van der Waals surface area (Å²) in [5.74, 6) is 0.138. The maximum atomic E-state index is 10.9. The van der Waals surface area contributed by atoms with Crippen LogP contribution < -0.4 is 0 Å². The Morgan fingerprint density at radius 3 is 3.00 bits per heavy atom. The Bertz CT molecular complexity index is 277. The van der Waals surface area contributed by atoms with Gasteiger partial charge in [0.25, 0.3) is 0 Å². The van der Waals surface area contributed by atoms with Gasteiger partial charge in [0.05, 0.1) is 5.69 Å². The molecule has 2 nitrogen and oxygen atoms in total. The average molecular weight is 149 g/mol. The number of nitrogens with one attached hydrogen (secondary N) is 1. The van der Waals surface area contributed by atoms with Gasteiger partial charge in [-0.05, 0) is 30.9 Å². The summed E-state index contributed by atoms with van der Waals surface area (Å²) in [6.07, 6.45) is 3.49. The van der Waals surface area contributed by atoms with Crippen LogP contribution in [0.1, 0.15) is 35.1 Å². The molecule has 0 atom stereocenters. The summed E-state index contributed by atoms with van der Waals surface area (Å²) < 4.78 is 0. The van der Waals surface area contributed by atoms with Crippen molar-refractivity contribution in [1.29, 1.82) is 0 Å². The first-order chi connectivity index (χ1) is 5.27. The smallest absolute Gasteiger partial charge is 0.175 e. The van der Waals surface area contributed by atoms with Gasteiger partial charge < -0.3 is 4.98 Å². The Labute approximate surface area is 65.6 Å². The van der Waals surface area contributed by atoms with Gasteiger partial charge in [-0.3, -0.25) is 4.79 Å². The van der Waals surface area contributed by atoms with Crippen molar-refractivity contribution in [2.45, 2.75) is 26.2 Å². The highest BCUT2D eigenvalue weighted by molar-refractivity contribution is 5.92. The number of H-pyrrole nitrogens is 1. The number of aryl methyl sites for hydroxylation is 2. The summed E-state index contributed by atoms with van der Waals surface area (Å²) in [4.78, 5) is 14.1. The zero-order valence-corrected chi connectivity index (χ0v) is 6.61. The van der Waals surface area contributed by atoms with Crippen LogP contribution in [0.3, 0.4) is 0 Å². The minimum Gasteiger partial charge on any atom is -0.356 e. The van der Waals surface area contributed by atoms with E-state index in [0.717, 1.165) is 18.5 Å². The number of ketones is 1. The molecule has 0 fully saturated rings. The number of rotatable bonds is 1. The molecule has 58 valence electrons. The topological polar surface area (TPSA) is 32.9 Å². The van der Waals surface area contributed by atoms with E-state index < -0.39 is 0 Å². The van der Waals surface area contributed by atoms with E-state index in [1.165, 1.54) is 17.7 Å². The molecule has 0 aromatic carbocycles. The lowest BCUT2D eigenvalue weighted by Gasteiger charge is -1.88. The maximum absolute atomic E-state index is 10.9. The van der Waals surface area contributed by atoms with E-state index in [4.69, 9.17) is 0 Å². The molecule has 0 saturated heterocycles. The molecule has 1 aromatic heterocycles. The minimum atomic E-state index is 0.138. The van der Waals surface area contributed by atoms with Crippen LogP contribution in [-0.4, -0.2) is 10.8 Å². The average Bonchev–Trinajstić information content (AvgIpc) is 2.40. The zero-order chi connectivity index (χ0) is 7.84. The molecule has 2 heteroatoms. The number of aromatic amines is 1. The fraction of sp³-hybridized carbons (Fsp3) is 0.444. The number of hydrogen-bond donors (Lipinski definition) is 1. The largest absolute Gasteiger partial charge is 0.356 e. The molecule has 1 heterocycles. The van der Waals surface area contributed by atoms with E-state index in [9.17, 15) is 4.79 Å². The summed E-state index contributed by atoms with van der Waals surface area (Å²) in [5.41, 5.74) is 3.39. The normalized spacial score (nSPS) is 15.0. The van der Waals surface area contributed by atoms with Gasteiger partial charge in [-0.1, -0.05) is 0 Å². The maximum Gasteiger partial charge on any atom is 0.175 e. The number of hydrogen-bond acceptors (Lipinski definition) is 1. The molecule has 0 amide bonds. The third-order valence-corrected chi connectivity index (χ3v) is 2.24. The number of Topliss-reactive ketones (excluding diaryl/α,β-unsaturated/α-hetero) is 1. The van der Waals surface area contributed by atoms with Crippen LogP contribution in [-0.2, 0) is 12.8 Å². The van der Waals surface area contributed by atoms with Crippen molar-refractivity contribution in [3.8, 4) is 0 Å². The SMILES string of the molecule is CC(=O)c1cc2c([nH]1)CCC2. The first-order valence-corrected chi connectivity index (χ1v) is 3.99. The highest BCUT2D eigenvalue weighted by atomic mass is 16.1. The van der Waals surface area contributed by atoms with Crippen molar-refractivity contribution in [3.05, 3.63) is 23.0 Å². The van der Waals surface area contributed by atoms with Gasteiger partial charge in [-0.25, -0.2) is 0 Å². The summed E-state index contributed by atoms with van der Waals surface area (Å²) in [7, 11) is 0. The number of carbonyl (C=O) groups is 1. The predicted molar refractivity (Wildman–Crippen MR) is 42.8 cm³/mol. The second-order valence-electron chi connectivity index (χ2n) is 3.10. The Kier molecular flexibility index (Phi) is 1.34. The first kappa shape index (κ1) is 6.65. The molecule has 0 saturated carbocycles. The molecule has 0 spiro atoms. The van der Waals surface area contributed by atoms with Crippen LogP contribution in [0.2, 0.25) is 0 Å². The van der Waals surface area contributed by atoms with Crippen LogP contribution in [0.5, 0.6) is 0 Å². The van der Waals surface area contributed by atoms with Gasteiger partial charge in [0.1, 0.15) is 0 Å². The fourth-order valence-electron chi connectivity index (χ4n) is 1.63. The van der Waals surface area contributed by atoms with Crippen molar-refractivity contribution in [2.24, 2.45) is 0 Å². The van der Waals surface area contributed by atoms with Crippen LogP contribution in [0.25, 0.3) is 0 Å². The third kappa shape index (κ3) is 0.985. The summed E-state index contributed by atoms with van der Waals surface area (Å²) >= 11 is 0. The lowest BCUT2D eigenvalue weighted by Crippen LogP contribution is -1.92. The number of aromatic nitrogens is 1. The lowest BCUT2D eigenvalue weighted by atomic mass is 10.2. The number of fused-ring (bicyclic) bond motifs is 1. The molecule has 1 aromatic rings. The Morgan fingerprint density at radius 1 is 1.55 bits per heavy atom.